The second-order valence-electron chi connectivity index (χ2n) is 12.2. The summed E-state index contributed by atoms with van der Waals surface area (Å²) in [6.07, 6.45) is 0. The van der Waals surface area contributed by atoms with Crippen molar-refractivity contribution in [1.82, 2.24) is 45.4 Å². The van der Waals surface area contributed by atoms with E-state index in [0.717, 1.165) is 34.2 Å². The quantitative estimate of drug-likeness (QED) is 0.308. The second kappa shape index (κ2) is 17.8. The van der Waals surface area contributed by atoms with Crippen LogP contribution in [0.3, 0.4) is 0 Å². The minimum Gasteiger partial charge on any atom is -0.244 e. The van der Waals surface area contributed by atoms with E-state index < -0.39 is 0 Å². The number of rotatable bonds is 0. The third-order valence-corrected chi connectivity index (χ3v) is 4.48. The van der Waals surface area contributed by atoms with Gasteiger partial charge in [0, 0.05) is 0 Å². The Labute approximate surface area is 236 Å². The highest BCUT2D eigenvalue weighted by molar-refractivity contribution is 5.07. The molecule has 1 N–H and O–H groups in total. The Morgan fingerprint density at radius 3 is 0.789 bits per heavy atom. The summed E-state index contributed by atoms with van der Waals surface area (Å²) in [5.74, 6) is 0. The van der Waals surface area contributed by atoms with E-state index in [1.807, 2.05) is 50.9 Å². The van der Waals surface area contributed by atoms with Crippen LogP contribution in [0.2, 0.25) is 0 Å². The smallest absolute Gasteiger partial charge is 0.0825 e. The van der Waals surface area contributed by atoms with Gasteiger partial charge in [-0.2, -0.15) is 15.4 Å². The summed E-state index contributed by atoms with van der Waals surface area (Å²) in [6, 6.07) is 0. The first-order chi connectivity index (χ1) is 15.2. The number of hydrogen-bond donors (Lipinski definition) is 1. The van der Waals surface area contributed by atoms with Crippen molar-refractivity contribution in [2.24, 2.45) is 5.41 Å². The Morgan fingerprint density at radius 1 is 0.474 bits per heavy atom. The highest BCUT2D eigenvalue weighted by atomic mass is 15.5. The molecule has 9 nitrogen and oxygen atoms in total. The van der Waals surface area contributed by atoms with Gasteiger partial charge in [-0.05, 0) is 88.5 Å². The third-order valence-electron chi connectivity index (χ3n) is 4.48. The van der Waals surface area contributed by atoms with Crippen molar-refractivity contribution in [3.05, 3.63) is 34.2 Å². The van der Waals surface area contributed by atoms with Crippen molar-refractivity contribution in [3.63, 3.8) is 0 Å². The lowest BCUT2D eigenvalue weighted by atomic mass is 10.0. The fourth-order valence-corrected chi connectivity index (χ4v) is 2.42. The van der Waals surface area contributed by atoms with Crippen LogP contribution in [-0.4, -0.2) is 45.4 Å². The molecule has 0 unspecified atom stereocenters. The predicted molar refractivity (Wildman–Crippen MR) is 167 cm³/mol. The molecule has 0 aliphatic rings. The summed E-state index contributed by atoms with van der Waals surface area (Å²) >= 11 is 0. The predicted octanol–water partition coefficient (Wildman–Crippen LogP) is 8.32. The van der Waals surface area contributed by atoms with Gasteiger partial charge in [0.2, 0.25) is 0 Å². The van der Waals surface area contributed by atoms with Gasteiger partial charge in [0.1, 0.15) is 0 Å². The van der Waals surface area contributed by atoms with Crippen LogP contribution in [-0.2, 0) is 11.1 Å². The van der Waals surface area contributed by atoms with Crippen LogP contribution in [0.1, 0.15) is 133 Å². The van der Waals surface area contributed by atoms with Gasteiger partial charge in [0.25, 0.3) is 0 Å². The maximum Gasteiger partial charge on any atom is 0.0825 e. The Balaban J connectivity index is -0.000000128. The number of aryl methyl sites for hydroxylation is 4. The third kappa shape index (κ3) is 17.0. The number of nitrogens with zero attached hydrogens (tertiary/aromatic N) is 8. The van der Waals surface area contributed by atoms with E-state index in [1.165, 1.54) is 0 Å². The molecule has 38 heavy (non-hydrogen) atoms. The van der Waals surface area contributed by atoms with Crippen molar-refractivity contribution in [1.29, 1.82) is 0 Å². The van der Waals surface area contributed by atoms with Gasteiger partial charge in [-0.1, -0.05) is 67.8 Å². The largest absolute Gasteiger partial charge is 0.244 e. The highest BCUT2D eigenvalue weighted by Gasteiger charge is 2.18. The first-order valence-corrected chi connectivity index (χ1v) is 11.8. The van der Waals surface area contributed by atoms with Gasteiger partial charge >= 0.3 is 0 Å². The van der Waals surface area contributed by atoms with E-state index in [2.05, 4.69) is 105 Å². The number of aromatic nitrogens is 9. The van der Waals surface area contributed by atoms with E-state index in [0.29, 0.717) is 5.41 Å². The van der Waals surface area contributed by atoms with E-state index in [-0.39, 0.29) is 40.8 Å². The fraction of sp³-hybridized carbons (Fsp3) is 0.793. The molecular weight excluding hydrogens is 474 g/mol. The van der Waals surface area contributed by atoms with E-state index in [4.69, 9.17) is 0 Å². The lowest BCUT2D eigenvalue weighted by Crippen LogP contribution is -2.24. The number of hydrogen-bond acceptors (Lipinski definition) is 6. The van der Waals surface area contributed by atoms with Gasteiger partial charge < -0.3 is 0 Å². The Kier molecular flexibility index (Phi) is 21.3. The van der Waals surface area contributed by atoms with Gasteiger partial charge in [-0.15, -0.1) is 10.2 Å². The monoisotopic (exact) mass is 540 g/mol. The average Bonchev–Trinajstić information content (AvgIpc) is 3.28. The fourth-order valence-electron chi connectivity index (χ4n) is 2.42. The average molecular weight is 540 g/mol. The molecule has 0 saturated carbocycles. The van der Waals surface area contributed by atoms with Gasteiger partial charge in [0.15, 0.2) is 0 Å². The number of nitrogens with one attached hydrogen (secondary N) is 1. The topological polar surface area (TPSA) is 103 Å². The van der Waals surface area contributed by atoms with Crippen molar-refractivity contribution in [2.75, 3.05) is 0 Å². The first kappa shape index (κ1) is 45.3. The van der Waals surface area contributed by atoms with Crippen LogP contribution in [0, 0.1) is 47.0 Å². The van der Waals surface area contributed by atoms with E-state index >= 15 is 0 Å². The maximum atomic E-state index is 4.05. The molecule has 0 radical (unpaired) electrons. The molecule has 0 aliphatic carbocycles. The second-order valence-corrected chi connectivity index (χ2v) is 12.2. The number of H-pyrrole nitrogens is 1. The molecule has 0 saturated heterocycles. The Hall–Kier alpha value is -2.58. The Morgan fingerprint density at radius 2 is 0.711 bits per heavy atom. The molecule has 3 rings (SSSR count). The normalized spacial score (nSPS) is 10.3. The standard InChI is InChI=1S/2C8H15N3.C5H12.C4H7N3.4CH4/c2*1-6-7(2)11(10-9-6)8(3,4)5;1-5(2,3)4;1-3-4(2)6-7-5-3;;;;/h2*1-5H3;1-4H3;1-2H3,(H,5,6,7);4*1H4. The van der Waals surface area contributed by atoms with Crippen LogP contribution >= 0.6 is 0 Å². The Bertz CT molecular complexity index is 910. The molecular formula is C29H65N9. The van der Waals surface area contributed by atoms with Crippen LogP contribution in [0.4, 0.5) is 0 Å². The van der Waals surface area contributed by atoms with Crippen molar-refractivity contribution in [2.45, 2.75) is 152 Å². The molecule has 0 atom stereocenters. The molecule has 0 aromatic carbocycles. The molecule has 3 heterocycles. The summed E-state index contributed by atoms with van der Waals surface area (Å²) in [4.78, 5) is 0. The molecule has 3 aromatic rings. The molecule has 0 aliphatic heterocycles. The SMILES string of the molecule is C.C.C.C.CC(C)(C)C.Cc1n[nH]nc1C.Cc1nnn(C(C)(C)C)c1C.Cc1nnn(C(C)(C)C)c1C. The maximum absolute atomic E-state index is 4.05. The molecule has 0 amide bonds. The molecule has 9 heteroatoms. The van der Waals surface area contributed by atoms with Crippen LogP contribution in [0.5, 0.6) is 0 Å². The number of aromatic amines is 1. The minimum atomic E-state index is 0. The summed E-state index contributed by atoms with van der Waals surface area (Å²) < 4.78 is 3.89. The summed E-state index contributed by atoms with van der Waals surface area (Å²) in [6.45, 7) is 33.3. The van der Waals surface area contributed by atoms with Crippen molar-refractivity contribution in [3.8, 4) is 0 Å². The van der Waals surface area contributed by atoms with Crippen LogP contribution in [0.15, 0.2) is 0 Å². The van der Waals surface area contributed by atoms with Gasteiger partial charge in [-0.25, -0.2) is 9.36 Å². The lowest BCUT2D eigenvalue weighted by molar-refractivity contribution is 0.339. The van der Waals surface area contributed by atoms with Crippen molar-refractivity contribution >= 4 is 0 Å². The zero-order valence-corrected chi connectivity index (χ0v) is 24.6. The zero-order chi connectivity index (χ0) is 27.1. The molecule has 0 spiro atoms. The highest BCUT2D eigenvalue weighted by Crippen LogP contribution is 2.16. The van der Waals surface area contributed by atoms with Crippen molar-refractivity contribution < 1.29 is 0 Å². The van der Waals surface area contributed by atoms with E-state index in [1.54, 1.807) is 0 Å². The van der Waals surface area contributed by atoms with Crippen LogP contribution in [0.25, 0.3) is 0 Å². The first-order valence-electron chi connectivity index (χ1n) is 11.8. The summed E-state index contributed by atoms with van der Waals surface area (Å²) in [7, 11) is 0. The molecule has 226 valence electrons. The van der Waals surface area contributed by atoms with Gasteiger partial charge in [-0.3, -0.25) is 0 Å². The summed E-state index contributed by atoms with van der Waals surface area (Å²) in [5, 5.41) is 26.2. The molecule has 3 aromatic heterocycles. The lowest BCUT2D eigenvalue weighted by Gasteiger charge is -2.19. The minimum absolute atomic E-state index is 0. The molecule has 0 bridgehead atoms. The zero-order valence-electron chi connectivity index (χ0n) is 24.6. The molecule has 0 fully saturated rings. The summed E-state index contributed by atoms with van der Waals surface area (Å²) in [5.41, 5.74) is 6.87. The van der Waals surface area contributed by atoms with Crippen LogP contribution < -0.4 is 0 Å². The van der Waals surface area contributed by atoms with E-state index in [9.17, 15) is 0 Å². The van der Waals surface area contributed by atoms with Gasteiger partial charge in [0.05, 0.1) is 45.2 Å².